The van der Waals surface area contributed by atoms with Gasteiger partial charge in [0.1, 0.15) is 12.4 Å². The fourth-order valence-electron chi connectivity index (χ4n) is 1.96. The highest BCUT2D eigenvalue weighted by molar-refractivity contribution is 5.78. The number of anilines is 1. The summed E-state index contributed by atoms with van der Waals surface area (Å²) in [5, 5.41) is 2.88. The number of amides is 1. The highest BCUT2D eigenvalue weighted by Gasteiger charge is 2.20. The Morgan fingerprint density at radius 3 is 3.11 bits per heavy atom. The van der Waals surface area contributed by atoms with Crippen LogP contribution in [0.4, 0.5) is 5.82 Å². The second kappa shape index (κ2) is 6.44. The first-order chi connectivity index (χ1) is 9.19. The predicted octanol–water partition coefficient (Wildman–Crippen LogP) is 0.0241. The van der Waals surface area contributed by atoms with E-state index in [1.54, 1.807) is 7.11 Å². The van der Waals surface area contributed by atoms with Crippen molar-refractivity contribution in [2.24, 2.45) is 5.73 Å². The summed E-state index contributed by atoms with van der Waals surface area (Å²) in [5.74, 6) is 1.01. The highest BCUT2D eigenvalue weighted by atomic mass is 16.5. The van der Waals surface area contributed by atoms with Crippen LogP contribution in [0.3, 0.4) is 0 Å². The molecule has 2 rings (SSSR count). The minimum atomic E-state index is -0.433. The largest absolute Gasteiger partial charge is 0.381 e. The third-order valence-corrected chi connectivity index (χ3v) is 2.86. The Morgan fingerprint density at radius 2 is 2.47 bits per heavy atom. The SMILES string of the molecule is COCc1nc(NCC(N)=O)cc([C@H]2CCOC2)n1. The first-order valence-electron chi connectivity index (χ1n) is 6.15. The molecule has 1 amide bonds. The van der Waals surface area contributed by atoms with Crippen molar-refractivity contribution in [3.63, 3.8) is 0 Å². The van der Waals surface area contributed by atoms with Crippen LogP contribution >= 0.6 is 0 Å². The molecule has 7 heteroatoms. The van der Waals surface area contributed by atoms with Crippen molar-refractivity contribution in [3.8, 4) is 0 Å². The lowest BCUT2D eigenvalue weighted by Gasteiger charge is -2.12. The van der Waals surface area contributed by atoms with Gasteiger partial charge in [-0.15, -0.1) is 0 Å². The third-order valence-electron chi connectivity index (χ3n) is 2.86. The zero-order chi connectivity index (χ0) is 13.7. The fraction of sp³-hybridized carbons (Fsp3) is 0.583. The normalized spacial score (nSPS) is 18.5. The van der Waals surface area contributed by atoms with Gasteiger partial charge in [0.25, 0.3) is 0 Å². The Bertz CT molecular complexity index is 447. The van der Waals surface area contributed by atoms with E-state index in [1.165, 1.54) is 0 Å². The second-order valence-corrected chi connectivity index (χ2v) is 4.41. The number of nitrogens with zero attached hydrogens (tertiary/aromatic N) is 2. The summed E-state index contributed by atoms with van der Waals surface area (Å²) in [6.07, 6.45) is 0.943. The van der Waals surface area contributed by atoms with E-state index in [2.05, 4.69) is 15.3 Å². The molecule has 7 nitrogen and oxygen atoms in total. The van der Waals surface area contributed by atoms with Crippen molar-refractivity contribution in [1.29, 1.82) is 0 Å². The van der Waals surface area contributed by atoms with Crippen LogP contribution in [-0.2, 0) is 20.9 Å². The van der Waals surface area contributed by atoms with Crippen LogP contribution in [0.2, 0.25) is 0 Å². The van der Waals surface area contributed by atoms with Gasteiger partial charge in [0.05, 0.1) is 18.8 Å². The van der Waals surface area contributed by atoms with Crippen LogP contribution in [0.5, 0.6) is 0 Å². The summed E-state index contributed by atoms with van der Waals surface area (Å²) in [7, 11) is 1.59. The minimum Gasteiger partial charge on any atom is -0.381 e. The van der Waals surface area contributed by atoms with E-state index in [4.69, 9.17) is 15.2 Å². The average molecular weight is 266 g/mol. The lowest BCUT2D eigenvalue weighted by Crippen LogP contribution is -2.22. The van der Waals surface area contributed by atoms with Crippen molar-refractivity contribution >= 4 is 11.7 Å². The number of carbonyl (C=O) groups excluding carboxylic acids is 1. The van der Waals surface area contributed by atoms with Gasteiger partial charge in [-0.25, -0.2) is 9.97 Å². The molecule has 0 saturated carbocycles. The van der Waals surface area contributed by atoms with Gasteiger partial charge in [-0.3, -0.25) is 4.79 Å². The summed E-state index contributed by atoms with van der Waals surface area (Å²) in [6, 6.07) is 1.83. The van der Waals surface area contributed by atoms with Gasteiger partial charge in [0.2, 0.25) is 5.91 Å². The molecule has 0 aromatic carbocycles. The van der Waals surface area contributed by atoms with Gasteiger partial charge in [-0.2, -0.15) is 0 Å². The topological polar surface area (TPSA) is 99.4 Å². The van der Waals surface area contributed by atoms with Gasteiger partial charge in [-0.1, -0.05) is 0 Å². The zero-order valence-corrected chi connectivity index (χ0v) is 10.9. The molecule has 0 aliphatic carbocycles. The number of primary amides is 1. The van der Waals surface area contributed by atoms with Crippen LogP contribution in [0.25, 0.3) is 0 Å². The molecule has 3 N–H and O–H groups in total. The molecule has 0 spiro atoms. The van der Waals surface area contributed by atoms with E-state index in [0.29, 0.717) is 24.9 Å². The maximum Gasteiger partial charge on any atom is 0.236 e. The summed E-state index contributed by atoms with van der Waals surface area (Å²) in [6.45, 7) is 1.79. The van der Waals surface area contributed by atoms with E-state index in [-0.39, 0.29) is 12.5 Å². The van der Waals surface area contributed by atoms with Crippen molar-refractivity contribution in [1.82, 2.24) is 9.97 Å². The molecule has 1 aliphatic heterocycles. The van der Waals surface area contributed by atoms with Crippen molar-refractivity contribution < 1.29 is 14.3 Å². The Balaban J connectivity index is 2.18. The number of nitrogens with two attached hydrogens (primary N) is 1. The highest BCUT2D eigenvalue weighted by Crippen LogP contribution is 2.25. The number of methoxy groups -OCH3 is 1. The predicted molar refractivity (Wildman–Crippen MR) is 68.6 cm³/mol. The van der Waals surface area contributed by atoms with Crippen LogP contribution in [0, 0.1) is 0 Å². The minimum absolute atomic E-state index is 0.0457. The summed E-state index contributed by atoms with van der Waals surface area (Å²) >= 11 is 0. The monoisotopic (exact) mass is 266 g/mol. The molecule has 1 atom stereocenters. The molecule has 19 heavy (non-hydrogen) atoms. The lowest BCUT2D eigenvalue weighted by molar-refractivity contribution is -0.116. The number of hydrogen-bond acceptors (Lipinski definition) is 6. The molecule has 2 heterocycles. The van der Waals surface area contributed by atoms with Gasteiger partial charge < -0.3 is 20.5 Å². The van der Waals surface area contributed by atoms with Crippen LogP contribution in [-0.4, -0.2) is 42.7 Å². The number of nitrogens with one attached hydrogen (secondary N) is 1. The molecule has 0 radical (unpaired) electrons. The fourth-order valence-corrected chi connectivity index (χ4v) is 1.96. The van der Waals surface area contributed by atoms with E-state index < -0.39 is 5.91 Å². The smallest absolute Gasteiger partial charge is 0.236 e. The molecule has 0 bridgehead atoms. The Hall–Kier alpha value is -1.73. The summed E-state index contributed by atoms with van der Waals surface area (Å²) in [5.41, 5.74) is 6.02. The number of aromatic nitrogens is 2. The van der Waals surface area contributed by atoms with E-state index in [0.717, 1.165) is 18.7 Å². The Labute approximate surface area is 111 Å². The summed E-state index contributed by atoms with van der Waals surface area (Å²) in [4.78, 5) is 19.5. The first-order valence-corrected chi connectivity index (χ1v) is 6.15. The summed E-state index contributed by atoms with van der Waals surface area (Å²) < 4.78 is 10.4. The van der Waals surface area contributed by atoms with Crippen molar-refractivity contribution in [2.45, 2.75) is 18.9 Å². The quantitative estimate of drug-likeness (QED) is 0.753. The van der Waals surface area contributed by atoms with Gasteiger partial charge in [0.15, 0.2) is 5.82 Å². The number of carbonyl (C=O) groups is 1. The molecular formula is C12H18N4O3. The molecule has 0 unspecified atom stereocenters. The van der Waals surface area contributed by atoms with Gasteiger partial charge in [-0.05, 0) is 6.42 Å². The maximum atomic E-state index is 10.8. The zero-order valence-electron chi connectivity index (χ0n) is 10.9. The molecular weight excluding hydrogens is 248 g/mol. The molecule has 104 valence electrons. The molecule has 1 saturated heterocycles. The second-order valence-electron chi connectivity index (χ2n) is 4.41. The average Bonchev–Trinajstić information content (AvgIpc) is 2.90. The Morgan fingerprint density at radius 1 is 1.63 bits per heavy atom. The van der Waals surface area contributed by atoms with E-state index in [1.807, 2.05) is 6.07 Å². The number of hydrogen-bond donors (Lipinski definition) is 2. The van der Waals surface area contributed by atoms with Crippen LogP contribution < -0.4 is 11.1 Å². The molecule has 1 fully saturated rings. The first kappa shape index (κ1) is 13.7. The molecule has 1 aromatic heterocycles. The van der Waals surface area contributed by atoms with Crippen molar-refractivity contribution in [3.05, 3.63) is 17.6 Å². The lowest BCUT2D eigenvalue weighted by atomic mass is 10.0. The van der Waals surface area contributed by atoms with Crippen LogP contribution in [0.15, 0.2) is 6.07 Å². The number of rotatable bonds is 6. The Kier molecular flexibility index (Phi) is 4.64. The van der Waals surface area contributed by atoms with Crippen LogP contribution in [0.1, 0.15) is 23.9 Å². The van der Waals surface area contributed by atoms with E-state index in [9.17, 15) is 4.79 Å². The molecule has 1 aliphatic rings. The standard InChI is InChI=1S/C12H18N4O3/c1-18-7-12-15-9(8-2-3-19-6-8)4-11(16-12)14-5-10(13)17/h4,8H,2-3,5-7H2,1H3,(H2,13,17)(H,14,15,16)/t8-/m0/s1. The third kappa shape index (κ3) is 3.87. The maximum absolute atomic E-state index is 10.8. The van der Waals surface area contributed by atoms with Crippen molar-refractivity contribution in [2.75, 3.05) is 32.2 Å². The van der Waals surface area contributed by atoms with Gasteiger partial charge >= 0.3 is 0 Å². The van der Waals surface area contributed by atoms with E-state index >= 15 is 0 Å². The van der Waals surface area contributed by atoms with Gasteiger partial charge in [0, 0.05) is 25.7 Å². The number of ether oxygens (including phenoxy) is 2. The molecule has 1 aromatic rings.